The molecule has 2 aromatic rings. The molecule has 1 N–H and O–H groups in total. The molecule has 2 rings (SSSR count). The van der Waals surface area contributed by atoms with E-state index in [0.29, 0.717) is 6.61 Å². The Hall–Kier alpha value is -1.72. The predicted molar refractivity (Wildman–Crippen MR) is 111 cm³/mol. The molecule has 26 heavy (non-hydrogen) atoms. The van der Waals surface area contributed by atoms with Crippen molar-refractivity contribution in [2.24, 2.45) is 0 Å². The first-order chi connectivity index (χ1) is 12.2. The van der Waals surface area contributed by atoms with E-state index in [1.165, 1.54) is 10.4 Å². The molecule has 140 valence electrons. The molecule has 0 saturated heterocycles. The van der Waals surface area contributed by atoms with E-state index in [2.05, 4.69) is 74.2 Å². The van der Waals surface area contributed by atoms with Crippen molar-refractivity contribution in [3.8, 4) is 0 Å². The Kier molecular flexibility index (Phi) is 6.58. The first-order valence-corrected chi connectivity index (χ1v) is 10.9. The SMILES string of the molecule is CC(C)(/C=C/CO[Si](c1ccccc1)(c1ccccc1)C(C)(C)C)OO. The molecule has 0 bridgehead atoms. The lowest BCUT2D eigenvalue weighted by Crippen LogP contribution is -2.66. The Morgan fingerprint density at radius 3 is 1.69 bits per heavy atom. The smallest absolute Gasteiger partial charge is 0.261 e. The van der Waals surface area contributed by atoms with Crippen molar-refractivity contribution in [1.82, 2.24) is 0 Å². The molecule has 0 fully saturated rings. The number of benzene rings is 2. The van der Waals surface area contributed by atoms with Gasteiger partial charge in [-0.15, -0.1) is 0 Å². The van der Waals surface area contributed by atoms with Gasteiger partial charge < -0.3 is 4.43 Å². The maximum atomic E-state index is 8.96. The molecule has 0 saturated carbocycles. The highest BCUT2D eigenvalue weighted by molar-refractivity contribution is 6.99. The van der Waals surface area contributed by atoms with Crippen LogP contribution in [-0.2, 0) is 9.31 Å². The van der Waals surface area contributed by atoms with Crippen LogP contribution in [0.4, 0.5) is 0 Å². The van der Waals surface area contributed by atoms with Crippen LogP contribution in [0.1, 0.15) is 34.6 Å². The van der Waals surface area contributed by atoms with Gasteiger partial charge in [0.15, 0.2) is 0 Å². The van der Waals surface area contributed by atoms with Crippen LogP contribution in [0, 0.1) is 0 Å². The quantitative estimate of drug-likeness (QED) is 0.340. The summed E-state index contributed by atoms with van der Waals surface area (Å²) in [6, 6.07) is 21.1. The lowest BCUT2D eigenvalue weighted by molar-refractivity contribution is -0.297. The van der Waals surface area contributed by atoms with Crippen molar-refractivity contribution in [1.29, 1.82) is 0 Å². The maximum Gasteiger partial charge on any atom is 0.261 e. The van der Waals surface area contributed by atoms with E-state index >= 15 is 0 Å². The van der Waals surface area contributed by atoms with E-state index < -0.39 is 13.9 Å². The summed E-state index contributed by atoms with van der Waals surface area (Å²) in [6.07, 6.45) is 3.75. The Balaban J connectivity index is 2.48. The fourth-order valence-corrected chi connectivity index (χ4v) is 7.80. The highest BCUT2D eigenvalue weighted by Crippen LogP contribution is 2.36. The monoisotopic (exact) mass is 370 g/mol. The van der Waals surface area contributed by atoms with Crippen LogP contribution in [0.25, 0.3) is 0 Å². The van der Waals surface area contributed by atoms with Crippen LogP contribution in [0.3, 0.4) is 0 Å². The average molecular weight is 371 g/mol. The van der Waals surface area contributed by atoms with Crippen LogP contribution < -0.4 is 10.4 Å². The molecule has 4 heteroatoms. The zero-order valence-corrected chi connectivity index (χ0v) is 17.4. The predicted octanol–water partition coefficient (Wildman–Crippen LogP) is 4.39. The van der Waals surface area contributed by atoms with Gasteiger partial charge in [-0.1, -0.05) is 93.6 Å². The van der Waals surface area contributed by atoms with E-state index in [-0.39, 0.29) is 5.04 Å². The standard InChI is InChI=1S/C22H30O3Si/c1-21(2,3)26(19-13-8-6-9-14-19,20-15-10-7-11-16-20)24-18-12-17-22(4,5)25-23/h6-17,23H,18H2,1-5H3/b17-12+. The Morgan fingerprint density at radius 1 is 0.846 bits per heavy atom. The minimum absolute atomic E-state index is 0.0491. The van der Waals surface area contributed by atoms with Gasteiger partial charge in [-0.2, -0.15) is 0 Å². The minimum atomic E-state index is -2.51. The van der Waals surface area contributed by atoms with E-state index in [0.717, 1.165) is 0 Å². The summed E-state index contributed by atoms with van der Waals surface area (Å²) in [5.41, 5.74) is -0.727. The molecule has 0 aliphatic rings. The highest BCUT2D eigenvalue weighted by Gasteiger charge is 2.49. The van der Waals surface area contributed by atoms with Gasteiger partial charge in [0.2, 0.25) is 0 Å². The van der Waals surface area contributed by atoms with Crippen molar-refractivity contribution in [3.63, 3.8) is 0 Å². The molecule has 3 nitrogen and oxygen atoms in total. The molecule has 0 aliphatic heterocycles. The summed E-state index contributed by atoms with van der Waals surface area (Å²) in [7, 11) is -2.51. The van der Waals surface area contributed by atoms with Gasteiger partial charge in [-0.05, 0) is 29.3 Å². The third-order valence-electron chi connectivity index (χ3n) is 4.57. The van der Waals surface area contributed by atoms with E-state index in [4.69, 9.17) is 9.68 Å². The van der Waals surface area contributed by atoms with Crippen molar-refractivity contribution >= 4 is 18.7 Å². The number of hydrogen-bond acceptors (Lipinski definition) is 3. The molecule has 0 spiro atoms. The van der Waals surface area contributed by atoms with Gasteiger partial charge in [-0.3, -0.25) is 5.26 Å². The molecule has 2 aromatic carbocycles. The fourth-order valence-electron chi connectivity index (χ4n) is 3.30. The summed E-state index contributed by atoms with van der Waals surface area (Å²) in [6.45, 7) is 10.8. The first kappa shape index (κ1) is 20.6. The zero-order chi connectivity index (χ0) is 19.3. The first-order valence-electron chi connectivity index (χ1n) is 8.98. The van der Waals surface area contributed by atoms with Crippen LogP contribution in [0.15, 0.2) is 72.8 Å². The van der Waals surface area contributed by atoms with Gasteiger partial charge in [0.1, 0.15) is 5.60 Å². The molecular formula is C22H30O3Si. The summed E-state index contributed by atoms with van der Waals surface area (Å²) < 4.78 is 6.72. The van der Waals surface area contributed by atoms with Crippen molar-refractivity contribution in [3.05, 3.63) is 72.8 Å². The molecule has 0 unspecified atom stereocenters. The lowest BCUT2D eigenvalue weighted by atomic mass is 10.1. The van der Waals surface area contributed by atoms with E-state index in [1.807, 2.05) is 24.3 Å². The van der Waals surface area contributed by atoms with Crippen LogP contribution >= 0.6 is 0 Å². The molecule has 0 atom stereocenters. The largest absolute Gasteiger partial charge is 0.404 e. The zero-order valence-electron chi connectivity index (χ0n) is 16.4. The van der Waals surface area contributed by atoms with Crippen molar-refractivity contribution in [2.75, 3.05) is 6.61 Å². The summed E-state index contributed by atoms with van der Waals surface area (Å²) in [5.74, 6) is 0. The summed E-state index contributed by atoms with van der Waals surface area (Å²) in [4.78, 5) is 4.48. The highest BCUT2D eigenvalue weighted by atomic mass is 28.4. The second kappa shape index (κ2) is 8.31. The molecule has 0 amide bonds. The van der Waals surface area contributed by atoms with E-state index in [1.54, 1.807) is 13.8 Å². The van der Waals surface area contributed by atoms with Gasteiger partial charge >= 0.3 is 0 Å². The molecule has 0 heterocycles. The Morgan fingerprint density at radius 2 is 1.31 bits per heavy atom. The van der Waals surface area contributed by atoms with Crippen LogP contribution in [0.2, 0.25) is 5.04 Å². The van der Waals surface area contributed by atoms with Gasteiger partial charge in [-0.25, -0.2) is 4.89 Å². The van der Waals surface area contributed by atoms with Crippen LogP contribution in [0.5, 0.6) is 0 Å². The molecule has 0 aliphatic carbocycles. The van der Waals surface area contributed by atoms with Gasteiger partial charge in [0, 0.05) is 0 Å². The number of hydrogen-bond donors (Lipinski definition) is 1. The summed E-state index contributed by atoms with van der Waals surface area (Å²) in [5, 5.41) is 11.4. The molecule has 0 radical (unpaired) electrons. The maximum absolute atomic E-state index is 8.96. The number of rotatable bonds is 7. The normalized spacial score (nSPS) is 13.3. The Labute approximate surface area is 158 Å². The van der Waals surface area contributed by atoms with Gasteiger partial charge in [0.25, 0.3) is 8.32 Å². The summed E-state index contributed by atoms with van der Waals surface area (Å²) >= 11 is 0. The second-order valence-corrected chi connectivity index (χ2v) is 12.4. The average Bonchev–Trinajstić information content (AvgIpc) is 2.62. The third kappa shape index (κ3) is 4.51. The lowest BCUT2D eigenvalue weighted by Gasteiger charge is -2.42. The van der Waals surface area contributed by atoms with Crippen LogP contribution in [-0.4, -0.2) is 25.8 Å². The van der Waals surface area contributed by atoms with Crippen molar-refractivity contribution < 1.29 is 14.6 Å². The molecular weight excluding hydrogens is 340 g/mol. The van der Waals surface area contributed by atoms with Crippen molar-refractivity contribution in [2.45, 2.75) is 45.3 Å². The minimum Gasteiger partial charge on any atom is -0.404 e. The second-order valence-electron chi connectivity index (χ2n) is 8.07. The molecule has 0 aromatic heterocycles. The fraction of sp³-hybridized carbons (Fsp3) is 0.364. The third-order valence-corrected chi connectivity index (χ3v) is 9.57. The van der Waals surface area contributed by atoms with Gasteiger partial charge in [0.05, 0.1) is 6.61 Å². The van der Waals surface area contributed by atoms with E-state index in [9.17, 15) is 0 Å². The Bertz CT molecular complexity index is 664. The topological polar surface area (TPSA) is 38.7 Å².